The van der Waals surface area contributed by atoms with Crippen LogP contribution in [-0.2, 0) is 4.79 Å². The standard InChI is InChI=1S/C25H29F4N5O2/c1-15(2)19(12-20(30)17-4-6-18(26)7-5-17)23-31-13-21(32-23)24(36)33-10-11-34(16(3)14-33)22(35)8-9-25(27,28)29/h4-7,12-13,15-16,30H,8-11,14H2,1-3H3,(H,31,32)/b19-12-,30-20?/t16-/m0/s1. The van der Waals surface area contributed by atoms with E-state index in [4.69, 9.17) is 5.41 Å². The molecule has 2 amide bonds. The summed E-state index contributed by atoms with van der Waals surface area (Å²) in [5.74, 6) is -0.916. The second kappa shape index (κ2) is 11.0. The molecule has 0 spiro atoms. The molecule has 1 aliphatic heterocycles. The molecule has 0 radical (unpaired) electrons. The first-order chi connectivity index (χ1) is 16.9. The number of aromatic nitrogens is 2. The van der Waals surface area contributed by atoms with Crippen LogP contribution in [0.1, 0.15) is 55.5 Å². The van der Waals surface area contributed by atoms with E-state index in [9.17, 15) is 27.2 Å². The van der Waals surface area contributed by atoms with E-state index in [0.29, 0.717) is 17.0 Å². The van der Waals surface area contributed by atoms with Crippen molar-refractivity contribution in [2.75, 3.05) is 19.6 Å². The molecular formula is C25H29F4N5O2. The molecule has 2 aromatic rings. The van der Waals surface area contributed by atoms with Crippen molar-refractivity contribution >= 4 is 23.1 Å². The molecule has 36 heavy (non-hydrogen) atoms. The van der Waals surface area contributed by atoms with Crippen LogP contribution in [0.2, 0.25) is 0 Å². The van der Waals surface area contributed by atoms with Crippen molar-refractivity contribution in [2.24, 2.45) is 5.92 Å². The first-order valence-corrected chi connectivity index (χ1v) is 11.6. The molecule has 1 aromatic heterocycles. The number of nitrogens with one attached hydrogen (secondary N) is 2. The molecule has 1 saturated heterocycles. The highest BCUT2D eigenvalue weighted by atomic mass is 19.4. The summed E-state index contributed by atoms with van der Waals surface area (Å²) in [5, 5.41) is 8.35. The van der Waals surface area contributed by atoms with Crippen LogP contribution in [0.25, 0.3) is 5.57 Å². The van der Waals surface area contributed by atoms with Crippen LogP contribution < -0.4 is 0 Å². The second-order valence-electron chi connectivity index (χ2n) is 9.12. The van der Waals surface area contributed by atoms with Crippen LogP contribution in [0.15, 0.2) is 36.5 Å². The number of benzene rings is 1. The van der Waals surface area contributed by atoms with Gasteiger partial charge in [0, 0.05) is 32.1 Å². The van der Waals surface area contributed by atoms with Crippen LogP contribution >= 0.6 is 0 Å². The number of rotatable bonds is 7. The Morgan fingerprint density at radius 2 is 1.89 bits per heavy atom. The highest BCUT2D eigenvalue weighted by molar-refractivity contribution is 6.10. The average molecular weight is 508 g/mol. The first-order valence-electron chi connectivity index (χ1n) is 11.6. The van der Waals surface area contributed by atoms with Crippen molar-refractivity contribution in [3.05, 3.63) is 59.4 Å². The number of piperazine rings is 1. The number of hydrogen-bond donors (Lipinski definition) is 2. The van der Waals surface area contributed by atoms with Gasteiger partial charge in [-0.25, -0.2) is 9.37 Å². The van der Waals surface area contributed by atoms with Crippen LogP contribution in [0.3, 0.4) is 0 Å². The van der Waals surface area contributed by atoms with Crippen molar-refractivity contribution in [1.29, 1.82) is 5.41 Å². The van der Waals surface area contributed by atoms with Gasteiger partial charge in [0.1, 0.15) is 17.3 Å². The third-order valence-electron chi connectivity index (χ3n) is 6.01. The Morgan fingerprint density at radius 3 is 2.47 bits per heavy atom. The summed E-state index contributed by atoms with van der Waals surface area (Å²) in [7, 11) is 0. The molecule has 1 fully saturated rings. The predicted molar refractivity (Wildman–Crippen MR) is 127 cm³/mol. The lowest BCUT2D eigenvalue weighted by Gasteiger charge is -2.39. The third-order valence-corrected chi connectivity index (χ3v) is 6.01. The molecule has 194 valence electrons. The number of allylic oxidation sites excluding steroid dienone is 2. The van der Waals surface area contributed by atoms with Crippen molar-refractivity contribution in [2.45, 2.75) is 45.8 Å². The second-order valence-corrected chi connectivity index (χ2v) is 9.12. The Kier molecular flexibility index (Phi) is 8.31. The number of alkyl halides is 3. The van der Waals surface area contributed by atoms with Gasteiger partial charge in [0.05, 0.1) is 18.3 Å². The fourth-order valence-corrected chi connectivity index (χ4v) is 4.03. The van der Waals surface area contributed by atoms with E-state index in [2.05, 4.69) is 9.97 Å². The molecule has 2 N–H and O–H groups in total. The number of imidazole rings is 1. The van der Waals surface area contributed by atoms with Gasteiger partial charge >= 0.3 is 6.18 Å². The highest BCUT2D eigenvalue weighted by Crippen LogP contribution is 2.24. The summed E-state index contributed by atoms with van der Waals surface area (Å²) in [4.78, 5) is 35.5. The van der Waals surface area contributed by atoms with Gasteiger partial charge in [-0.3, -0.25) is 9.59 Å². The molecule has 0 aliphatic carbocycles. The van der Waals surface area contributed by atoms with Crippen LogP contribution in [0, 0.1) is 17.1 Å². The van der Waals surface area contributed by atoms with Gasteiger partial charge in [0.15, 0.2) is 0 Å². The summed E-state index contributed by atoms with van der Waals surface area (Å²) in [6.07, 6.45) is -3.14. The lowest BCUT2D eigenvalue weighted by molar-refractivity contribution is -0.151. The molecule has 1 aliphatic rings. The lowest BCUT2D eigenvalue weighted by Crippen LogP contribution is -2.55. The normalized spacial score (nSPS) is 17.0. The Hall–Kier alpha value is -3.50. The fraction of sp³-hybridized carbons (Fsp3) is 0.440. The minimum atomic E-state index is -4.39. The molecule has 0 bridgehead atoms. The molecule has 1 aromatic carbocycles. The maximum Gasteiger partial charge on any atom is 0.389 e. The average Bonchev–Trinajstić information content (AvgIpc) is 3.30. The van der Waals surface area contributed by atoms with E-state index in [0.717, 1.165) is 0 Å². The Bertz CT molecular complexity index is 1140. The zero-order chi connectivity index (χ0) is 26.6. The van der Waals surface area contributed by atoms with Gasteiger partial charge < -0.3 is 20.2 Å². The van der Waals surface area contributed by atoms with Gasteiger partial charge in [0.2, 0.25) is 5.91 Å². The monoisotopic (exact) mass is 507 g/mol. The molecule has 0 unspecified atom stereocenters. The maximum atomic E-state index is 13.2. The van der Waals surface area contributed by atoms with E-state index >= 15 is 0 Å². The van der Waals surface area contributed by atoms with Crippen molar-refractivity contribution in [1.82, 2.24) is 19.8 Å². The number of amides is 2. The van der Waals surface area contributed by atoms with E-state index in [1.165, 1.54) is 40.3 Å². The predicted octanol–water partition coefficient (Wildman–Crippen LogP) is 4.67. The van der Waals surface area contributed by atoms with Crippen molar-refractivity contribution < 1.29 is 27.2 Å². The van der Waals surface area contributed by atoms with Crippen LogP contribution in [0.5, 0.6) is 0 Å². The summed E-state index contributed by atoms with van der Waals surface area (Å²) in [6, 6.07) is 5.16. The van der Waals surface area contributed by atoms with Crippen LogP contribution in [0.4, 0.5) is 17.6 Å². The van der Waals surface area contributed by atoms with E-state index < -0.39 is 36.8 Å². The molecule has 0 saturated carbocycles. The van der Waals surface area contributed by atoms with Gasteiger partial charge in [-0.15, -0.1) is 0 Å². The SMILES string of the molecule is CC(C)/C(=C/C(=N)c1ccc(F)cc1)c1ncc(C(=O)N2CCN(C(=O)CCC(F)(F)F)[C@@H](C)C2)[nH]1. The Labute approximate surface area is 206 Å². The minimum Gasteiger partial charge on any atom is -0.336 e. The van der Waals surface area contributed by atoms with Crippen molar-refractivity contribution in [3.8, 4) is 0 Å². The van der Waals surface area contributed by atoms with Gasteiger partial charge in [-0.05, 0) is 54.3 Å². The maximum absolute atomic E-state index is 13.2. The summed E-state index contributed by atoms with van der Waals surface area (Å²) >= 11 is 0. The molecule has 11 heteroatoms. The number of carbonyl (C=O) groups is 2. The van der Waals surface area contributed by atoms with Crippen molar-refractivity contribution in [3.63, 3.8) is 0 Å². The fourth-order valence-electron chi connectivity index (χ4n) is 4.03. The van der Waals surface area contributed by atoms with E-state index in [1.54, 1.807) is 13.0 Å². The topological polar surface area (TPSA) is 93.2 Å². The zero-order valence-electron chi connectivity index (χ0n) is 20.3. The van der Waals surface area contributed by atoms with E-state index in [1.807, 2.05) is 13.8 Å². The number of nitrogens with zero attached hydrogens (tertiary/aromatic N) is 3. The molecular weight excluding hydrogens is 478 g/mol. The largest absolute Gasteiger partial charge is 0.389 e. The lowest BCUT2D eigenvalue weighted by atomic mass is 9.98. The minimum absolute atomic E-state index is 0.0359. The number of halogens is 4. The number of hydrogen-bond acceptors (Lipinski definition) is 4. The van der Waals surface area contributed by atoms with Crippen LogP contribution in [-0.4, -0.2) is 69.1 Å². The summed E-state index contributed by atoms with van der Waals surface area (Å²) in [6.45, 7) is 6.07. The Balaban J connectivity index is 1.69. The smallest absolute Gasteiger partial charge is 0.336 e. The van der Waals surface area contributed by atoms with Gasteiger partial charge in [-0.2, -0.15) is 13.2 Å². The highest BCUT2D eigenvalue weighted by Gasteiger charge is 2.34. The summed E-state index contributed by atoms with van der Waals surface area (Å²) in [5.41, 5.74) is 1.63. The molecule has 2 heterocycles. The summed E-state index contributed by atoms with van der Waals surface area (Å²) < 4.78 is 50.6. The number of aromatic amines is 1. The Morgan fingerprint density at radius 1 is 1.22 bits per heavy atom. The van der Waals surface area contributed by atoms with Gasteiger partial charge in [-0.1, -0.05) is 13.8 Å². The van der Waals surface area contributed by atoms with E-state index in [-0.39, 0.29) is 42.9 Å². The zero-order valence-corrected chi connectivity index (χ0v) is 20.3. The number of carbonyl (C=O) groups excluding carboxylic acids is 2. The first kappa shape index (κ1) is 27.1. The molecule has 7 nitrogen and oxygen atoms in total. The number of H-pyrrole nitrogens is 1. The molecule has 3 rings (SSSR count). The quantitative estimate of drug-likeness (QED) is 0.421. The molecule has 1 atom stereocenters. The third kappa shape index (κ3) is 6.79. The van der Waals surface area contributed by atoms with Gasteiger partial charge in [0.25, 0.3) is 5.91 Å².